The lowest BCUT2D eigenvalue weighted by atomic mass is 9.75. The van der Waals surface area contributed by atoms with Crippen LogP contribution in [0.2, 0.25) is 0 Å². The van der Waals surface area contributed by atoms with E-state index < -0.39 is 0 Å². The van der Waals surface area contributed by atoms with Gasteiger partial charge >= 0.3 is 0 Å². The number of ether oxygens (including phenoxy) is 3. The van der Waals surface area contributed by atoms with Crippen LogP contribution in [0.5, 0.6) is 11.5 Å². The minimum atomic E-state index is -0.225. The van der Waals surface area contributed by atoms with Crippen LogP contribution < -0.4 is 9.47 Å². The Morgan fingerprint density at radius 1 is 1.26 bits per heavy atom. The number of aliphatic hydroxyl groups is 1. The van der Waals surface area contributed by atoms with Crippen molar-refractivity contribution < 1.29 is 19.3 Å². The van der Waals surface area contributed by atoms with Gasteiger partial charge in [0.1, 0.15) is 0 Å². The van der Waals surface area contributed by atoms with E-state index in [1.807, 2.05) is 32.3 Å². The number of aliphatic hydroxyl groups excluding tert-OH is 1. The number of hydrogen-bond acceptors (Lipinski definition) is 5. The molecule has 1 aromatic rings. The summed E-state index contributed by atoms with van der Waals surface area (Å²) in [5.74, 6) is 1.56. The van der Waals surface area contributed by atoms with E-state index >= 15 is 0 Å². The molecule has 1 N–H and O–H groups in total. The van der Waals surface area contributed by atoms with Gasteiger partial charge in [-0.25, -0.2) is 0 Å². The van der Waals surface area contributed by atoms with Crippen molar-refractivity contribution in [3.63, 3.8) is 0 Å². The molecule has 0 radical (unpaired) electrons. The molecular formula is C14H19NO4. The van der Waals surface area contributed by atoms with Crippen LogP contribution in [0.25, 0.3) is 0 Å². The van der Waals surface area contributed by atoms with Gasteiger partial charge in [0.05, 0.1) is 25.2 Å². The molecule has 0 saturated carbocycles. The maximum Gasteiger partial charge on any atom is 0.231 e. The summed E-state index contributed by atoms with van der Waals surface area (Å²) in [6.07, 6.45) is 0. The number of fused-ring (bicyclic) bond motifs is 1. The SMILES string of the molecule is CN(C)C(c1ccc2c(c1)OCO2)C1(CO)COC1. The van der Waals surface area contributed by atoms with Crippen molar-refractivity contribution in [1.82, 2.24) is 4.90 Å². The molecule has 2 aliphatic rings. The molecule has 2 heterocycles. The van der Waals surface area contributed by atoms with Crippen molar-refractivity contribution in [3.05, 3.63) is 23.8 Å². The molecule has 2 aliphatic heterocycles. The van der Waals surface area contributed by atoms with Gasteiger partial charge in [0.2, 0.25) is 6.79 Å². The molecule has 1 fully saturated rings. The second-order valence-corrected chi connectivity index (χ2v) is 5.49. The summed E-state index contributed by atoms with van der Waals surface area (Å²) >= 11 is 0. The molecule has 1 saturated heterocycles. The van der Waals surface area contributed by atoms with Gasteiger partial charge in [0, 0.05) is 6.04 Å². The Labute approximate surface area is 112 Å². The number of hydrogen-bond donors (Lipinski definition) is 1. The van der Waals surface area contributed by atoms with Crippen molar-refractivity contribution in [2.75, 3.05) is 40.7 Å². The molecule has 0 spiro atoms. The average Bonchev–Trinajstić information content (AvgIpc) is 2.80. The maximum atomic E-state index is 9.75. The Morgan fingerprint density at radius 3 is 2.58 bits per heavy atom. The Kier molecular flexibility index (Phi) is 3.12. The van der Waals surface area contributed by atoms with Gasteiger partial charge in [-0.1, -0.05) is 6.07 Å². The van der Waals surface area contributed by atoms with Crippen LogP contribution >= 0.6 is 0 Å². The van der Waals surface area contributed by atoms with Gasteiger partial charge in [0.15, 0.2) is 11.5 Å². The average molecular weight is 265 g/mol. The summed E-state index contributed by atoms with van der Waals surface area (Å²) in [4.78, 5) is 2.12. The third-order valence-electron chi connectivity index (χ3n) is 3.90. The summed E-state index contributed by atoms with van der Waals surface area (Å²) < 4.78 is 16.1. The molecule has 104 valence electrons. The van der Waals surface area contributed by atoms with Gasteiger partial charge in [-0.05, 0) is 31.8 Å². The summed E-state index contributed by atoms with van der Waals surface area (Å²) in [6, 6.07) is 6.07. The molecule has 0 bridgehead atoms. The fraction of sp³-hybridized carbons (Fsp3) is 0.571. The van der Waals surface area contributed by atoms with Gasteiger partial charge in [-0.3, -0.25) is 0 Å². The molecular weight excluding hydrogens is 246 g/mol. The lowest BCUT2D eigenvalue weighted by Gasteiger charge is -2.48. The first-order valence-corrected chi connectivity index (χ1v) is 6.41. The Bertz CT molecular complexity index is 465. The molecule has 1 atom stereocenters. The molecule has 1 unspecified atom stereocenters. The van der Waals surface area contributed by atoms with Crippen LogP contribution in [0.1, 0.15) is 11.6 Å². The smallest absolute Gasteiger partial charge is 0.231 e. The van der Waals surface area contributed by atoms with Crippen molar-refractivity contribution in [2.45, 2.75) is 6.04 Å². The zero-order chi connectivity index (χ0) is 13.5. The molecule has 0 aliphatic carbocycles. The van der Waals surface area contributed by atoms with Gasteiger partial charge in [0.25, 0.3) is 0 Å². The van der Waals surface area contributed by atoms with E-state index in [1.165, 1.54) is 0 Å². The van der Waals surface area contributed by atoms with Crippen molar-refractivity contribution in [2.24, 2.45) is 5.41 Å². The van der Waals surface area contributed by atoms with E-state index in [0.29, 0.717) is 13.2 Å². The van der Waals surface area contributed by atoms with E-state index in [0.717, 1.165) is 17.1 Å². The monoisotopic (exact) mass is 265 g/mol. The normalized spacial score (nSPS) is 21.3. The highest BCUT2D eigenvalue weighted by Gasteiger charge is 2.47. The molecule has 19 heavy (non-hydrogen) atoms. The summed E-state index contributed by atoms with van der Waals surface area (Å²) in [5, 5.41) is 9.75. The quantitative estimate of drug-likeness (QED) is 0.881. The first kappa shape index (κ1) is 12.7. The number of benzene rings is 1. The summed E-state index contributed by atoms with van der Waals surface area (Å²) in [7, 11) is 4.04. The van der Waals surface area contributed by atoms with Gasteiger partial charge in [-0.2, -0.15) is 0 Å². The third-order valence-corrected chi connectivity index (χ3v) is 3.90. The largest absolute Gasteiger partial charge is 0.454 e. The zero-order valence-electron chi connectivity index (χ0n) is 11.3. The molecule has 3 rings (SSSR count). The Hall–Kier alpha value is -1.30. The first-order chi connectivity index (χ1) is 9.16. The second kappa shape index (κ2) is 4.67. The fourth-order valence-corrected chi connectivity index (χ4v) is 2.98. The standard InChI is InChI=1S/C14H19NO4/c1-15(2)13(14(6-16)7-17-8-14)10-3-4-11-12(5-10)19-9-18-11/h3-5,13,16H,6-9H2,1-2H3. The van der Waals surface area contributed by atoms with Gasteiger partial charge in [-0.15, -0.1) is 0 Å². The van der Waals surface area contributed by atoms with E-state index in [9.17, 15) is 5.11 Å². The predicted octanol–water partition coefficient (Wildman–Crippen LogP) is 1.03. The van der Waals surface area contributed by atoms with Crippen LogP contribution in [-0.2, 0) is 4.74 Å². The highest BCUT2D eigenvalue weighted by atomic mass is 16.7. The van der Waals surface area contributed by atoms with E-state index in [-0.39, 0.29) is 24.9 Å². The molecule has 0 amide bonds. The third kappa shape index (κ3) is 1.98. The van der Waals surface area contributed by atoms with Crippen LogP contribution in [-0.4, -0.2) is 50.7 Å². The van der Waals surface area contributed by atoms with Gasteiger partial charge < -0.3 is 24.2 Å². The lowest BCUT2D eigenvalue weighted by molar-refractivity contribution is -0.172. The van der Waals surface area contributed by atoms with Crippen molar-refractivity contribution in [1.29, 1.82) is 0 Å². The van der Waals surface area contributed by atoms with E-state index in [2.05, 4.69) is 4.90 Å². The number of rotatable bonds is 4. The predicted molar refractivity (Wildman–Crippen MR) is 69.3 cm³/mol. The minimum Gasteiger partial charge on any atom is -0.454 e. The summed E-state index contributed by atoms with van der Waals surface area (Å²) in [6.45, 7) is 1.56. The Balaban J connectivity index is 1.96. The molecule has 1 aromatic carbocycles. The lowest BCUT2D eigenvalue weighted by Crippen LogP contribution is -2.53. The van der Waals surface area contributed by atoms with Crippen LogP contribution in [0.3, 0.4) is 0 Å². The van der Waals surface area contributed by atoms with E-state index in [4.69, 9.17) is 14.2 Å². The van der Waals surface area contributed by atoms with Crippen molar-refractivity contribution >= 4 is 0 Å². The zero-order valence-corrected chi connectivity index (χ0v) is 11.3. The maximum absolute atomic E-state index is 9.75. The van der Waals surface area contributed by atoms with Crippen molar-refractivity contribution in [3.8, 4) is 11.5 Å². The van der Waals surface area contributed by atoms with Crippen LogP contribution in [0.15, 0.2) is 18.2 Å². The molecule has 0 aromatic heterocycles. The second-order valence-electron chi connectivity index (χ2n) is 5.49. The topological polar surface area (TPSA) is 51.2 Å². The highest BCUT2D eigenvalue weighted by molar-refractivity contribution is 5.45. The molecule has 5 heteroatoms. The Morgan fingerprint density at radius 2 is 2.00 bits per heavy atom. The molecule has 5 nitrogen and oxygen atoms in total. The highest BCUT2D eigenvalue weighted by Crippen LogP contribution is 2.45. The minimum absolute atomic E-state index is 0.0979. The summed E-state index contributed by atoms with van der Waals surface area (Å²) in [5.41, 5.74) is 0.892. The first-order valence-electron chi connectivity index (χ1n) is 6.41. The number of nitrogens with zero attached hydrogens (tertiary/aromatic N) is 1. The fourth-order valence-electron chi connectivity index (χ4n) is 2.98. The van der Waals surface area contributed by atoms with Crippen LogP contribution in [0, 0.1) is 5.41 Å². The van der Waals surface area contributed by atoms with Crippen LogP contribution in [0.4, 0.5) is 0 Å². The van der Waals surface area contributed by atoms with E-state index in [1.54, 1.807) is 0 Å².